The summed E-state index contributed by atoms with van der Waals surface area (Å²) in [7, 11) is 0.333. The second-order valence-corrected chi connectivity index (χ2v) is 9.61. The highest BCUT2D eigenvalue weighted by atomic mass is 127. The van der Waals surface area contributed by atoms with Crippen molar-refractivity contribution in [3.05, 3.63) is 29.3 Å². The fraction of sp³-hybridized carbons (Fsp3) is 0.650. The number of rotatable bonds is 7. The first-order valence-corrected chi connectivity index (χ1v) is 11.6. The van der Waals surface area contributed by atoms with E-state index >= 15 is 0 Å². The Morgan fingerprint density at radius 1 is 1.21 bits per heavy atom. The Morgan fingerprint density at radius 3 is 2.45 bits per heavy atom. The topological polar surface area (TPSA) is 68.2 Å². The number of sulfonamides is 1. The zero-order chi connectivity index (χ0) is 20.7. The molecule has 1 aliphatic rings. The molecule has 0 spiro atoms. The van der Waals surface area contributed by atoms with Crippen LogP contribution in [0.15, 0.2) is 23.2 Å². The maximum Gasteiger partial charge on any atom is 0.213 e. The van der Waals surface area contributed by atoms with Crippen molar-refractivity contribution in [3.63, 3.8) is 0 Å². The maximum absolute atomic E-state index is 11.8. The van der Waals surface area contributed by atoms with Crippen LogP contribution in [0.25, 0.3) is 0 Å². The minimum atomic E-state index is -3.10. The molecule has 9 heteroatoms. The van der Waals surface area contributed by atoms with Gasteiger partial charge in [-0.05, 0) is 44.4 Å². The summed E-state index contributed by atoms with van der Waals surface area (Å²) in [6.07, 6.45) is 0.747. The van der Waals surface area contributed by atoms with Gasteiger partial charge in [-0.1, -0.05) is 12.1 Å². The molecule has 1 heterocycles. The second-order valence-electron chi connectivity index (χ2n) is 7.24. The van der Waals surface area contributed by atoms with E-state index in [0.29, 0.717) is 13.1 Å². The van der Waals surface area contributed by atoms with Gasteiger partial charge in [-0.2, -0.15) is 0 Å². The summed E-state index contributed by atoms with van der Waals surface area (Å²) in [4.78, 5) is 9.12. The minimum absolute atomic E-state index is 0. The van der Waals surface area contributed by atoms with Crippen LogP contribution in [0.5, 0.6) is 0 Å². The molecule has 1 saturated heterocycles. The molecule has 0 aromatic heterocycles. The lowest BCUT2D eigenvalue weighted by molar-refractivity contribution is 0.371. The van der Waals surface area contributed by atoms with E-state index in [1.54, 1.807) is 21.0 Å². The average molecular weight is 538 g/mol. The monoisotopic (exact) mass is 537 g/mol. The van der Waals surface area contributed by atoms with E-state index in [0.717, 1.165) is 38.6 Å². The molecule has 0 aliphatic carbocycles. The molecule has 0 unspecified atom stereocenters. The van der Waals surface area contributed by atoms with Gasteiger partial charge >= 0.3 is 0 Å². The average Bonchev–Trinajstić information content (AvgIpc) is 2.70. The predicted molar refractivity (Wildman–Crippen MR) is 133 cm³/mol. The molecule has 0 atom stereocenters. The number of hydrogen-bond donors (Lipinski definition) is 1. The third-order valence-electron chi connectivity index (χ3n) is 5.48. The molecule has 1 aromatic rings. The van der Waals surface area contributed by atoms with E-state index in [2.05, 4.69) is 52.2 Å². The Morgan fingerprint density at radius 2 is 1.86 bits per heavy atom. The molecule has 0 bridgehead atoms. The lowest BCUT2D eigenvalue weighted by Crippen LogP contribution is -2.53. The van der Waals surface area contributed by atoms with Crippen molar-refractivity contribution in [2.75, 3.05) is 64.0 Å². The van der Waals surface area contributed by atoms with E-state index in [9.17, 15) is 8.42 Å². The number of guanidine groups is 1. The van der Waals surface area contributed by atoms with Gasteiger partial charge in [0.2, 0.25) is 10.0 Å². The summed E-state index contributed by atoms with van der Waals surface area (Å²) < 4.78 is 25.0. The maximum atomic E-state index is 11.8. The van der Waals surface area contributed by atoms with Crippen LogP contribution in [-0.4, -0.2) is 82.7 Å². The quantitative estimate of drug-likeness (QED) is 0.250. The molecule has 2 rings (SSSR count). The van der Waals surface area contributed by atoms with Crippen molar-refractivity contribution >= 4 is 45.6 Å². The molecule has 1 aromatic carbocycles. The van der Waals surface area contributed by atoms with Crippen LogP contribution < -0.4 is 10.2 Å². The van der Waals surface area contributed by atoms with Crippen LogP contribution in [0.3, 0.4) is 0 Å². The van der Waals surface area contributed by atoms with E-state index in [-0.39, 0.29) is 29.7 Å². The molecule has 0 amide bonds. The van der Waals surface area contributed by atoms with Crippen LogP contribution in [0.1, 0.15) is 24.5 Å². The Bertz CT molecular complexity index is 777. The van der Waals surface area contributed by atoms with E-state index < -0.39 is 10.0 Å². The van der Waals surface area contributed by atoms with Crippen molar-refractivity contribution in [2.24, 2.45) is 4.99 Å². The summed E-state index contributed by atoms with van der Waals surface area (Å²) in [5.41, 5.74) is 4.00. The molecular weight excluding hydrogens is 501 g/mol. The molecule has 1 fully saturated rings. The van der Waals surface area contributed by atoms with Gasteiger partial charge in [0, 0.05) is 59.1 Å². The fourth-order valence-corrected chi connectivity index (χ4v) is 4.28. The normalized spacial score (nSPS) is 15.4. The Kier molecular flexibility index (Phi) is 10.7. The number of anilines is 1. The number of aliphatic imine (C=N–C) groups is 1. The van der Waals surface area contributed by atoms with Gasteiger partial charge in [0.15, 0.2) is 5.96 Å². The predicted octanol–water partition coefficient (Wildman–Crippen LogP) is 2.29. The molecule has 166 valence electrons. The van der Waals surface area contributed by atoms with Gasteiger partial charge in [0.1, 0.15) is 0 Å². The Hall–Kier alpha value is -1.07. The summed E-state index contributed by atoms with van der Waals surface area (Å²) in [6.45, 7) is 11.0. The number of benzene rings is 1. The van der Waals surface area contributed by atoms with Crippen molar-refractivity contribution in [2.45, 2.75) is 27.2 Å². The Balaban J connectivity index is 0.00000420. The van der Waals surface area contributed by atoms with Crippen LogP contribution in [0, 0.1) is 13.8 Å². The molecular formula is C20H36IN5O2S. The summed E-state index contributed by atoms with van der Waals surface area (Å²) in [6, 6.07) is 6.48. The lowest BCUT2D eigenvalue weighted by Gasteiger charge is -2.38. The third kappa shape index (κ3) is 6.99. The van der Waals surface area contributed by atoms with Crippen LogP contribution in [-0.2, 0) is 10.0 Å². The first kappa shape index (κ1) is 26.0. The number of piperazine rings is 1. The molecule has 29 heavy (non-hydrogen) atoms. The van der Waals surface area contributed by atoms with E-state index in [1.807, 2.05) is 0 Å². The highest BCUT2D eigenvalue weighted by molar-refractivity contribution is 14.0. The molecule has 0 radical (unpaired) electrons. The largest absolute Gasteiger partial charge is 0.368 e. The number of nitrogens with one attached hydrogen (secondary N) is 1. The van der Waals surface area contributed by atoms with Crippen LogP contribution >= 0.6 is 24.0 Å². The number of nitrogens with zero attached hydrogens (tertiary/aromatic N) is 4. The standard InChI is InChI=1S/C20H35N5O2S.HI/c1-6-28(26,27)23(5)12-8-11-22-20(21-4)25-15-13-24(14-16-25)19-10-7-9-17(2)18(19)3;/h7,9-10H,6,8,11-16H2,1-5H3,(H,21,22);1H. The van der Waals surface area contributed by atoms with Crippen molar-refractivity contribution in [1.82, 2.24) is 14.5 Å². The highest BCUT2D eigenvalue weighted by Gasteiger charge is 2.21. The van der Waals surface area contributed by atoms with Crippen molar-refractivity contribution < 1.29 is 8.42 Å². The third-order valence-corrected chi connectivity index (χ3v) is 7.34. The zero-order valence-electron chi connectivity index (χ0n) is 18.3. The summed E-state index contributed by atoms with van der Waals surface area (Å²) in [5.74, 6) is 1.03. The van der Waals surface area contributed by atoms with Gasteiger partial charge in [0.05, 0.1) is 5.75 Å². The zero-order valence-corrected chi connectivity index (χ0v) is 21.5. The summed E-state index contributed by atoms with van der Waals surface area (Å²) in [5, 5.41) is 3.37. The molecule has 1 N–H and O–H groups in total. The lowest BCUT2D eigenvalue weighted by atomic mass is 10.1. The highest BCUT2D eigenvalue weighted by Crippen LogP contribution is 2.23. The Labute approximate surface area is 193 Å². The van der Waals surface area contributed by atoms with E-state index in [1.165, 1.54) is 21.1 Å². The van der Waals surface area contributed by atoms with Crippen molar-refractivity contribution in [3.8, 4) is 0 Å². The molecule has 7 nitrogen and oxygen atoms in total. The SMILES string of the molecule is CCS(=O)(=O)N(C)CCCNC(=NC)N1CCN(c2cccc(C)c2C)CC1.I. The van der Waals surface area contributed by atoms with Gasteiger partial charge in [0.25, 0.3) is 0 Å². The first-order valence-electron chi connectivity index (χ1n) is 10.0. The number of halogens is 1. The van der Waals surface area contributed by atoms with Gasteiger partial charge < -0.3 is 15.1 Å². The smallest absolute Gasteiger partial charge is 0.213 e. The van der Waals surface area contributed by atoms with Crippen LogP contribution in [0.2, 0.25) is 0 Å². The number of hydrogen-bond acceptors (Lipinski definition) is 4. The van der Waals surface area contributed by atoms with Crippen molar-refractivity contribution in [1.29, 1.82) is 0 Å². The van der Waals surface area contributed by atoms with Gasteiger partial charge in [-0.3, -0.25) is 4.99 Å². The number of aryl methyl sites for hydroxylation is 1. The summed E-state index contributed by atoms with van der Waals surface area (Å²) >= 11 is 0. The minimum Gasteiger partial charge on any atom is -0.368 e. The molecule has 1 aliphatic heterocycles. The van der Waals surface area contributed by atoms with Gasteiger partial charge in [-0.25, -0.2) is 12.7 Å². The van der Waals surface area contributed by atoms with Crippen LogP contribution in [0.4, 0.5) is 5.69 Å². The van der Waals surface area contributed by atoms with Gasteiger partial charge in [-0.15, -0.1) is 24.0 Å². The molecule has 0 saturated carbocycles. The first-order chi connectivity index (χ1) is 13.3. The van der Waals surface area contributed by atoms with E-state index in [4.69, 9.17) is 0 Å². The second kappa shape index (κ2) is 11.9. The fourth-order valence-electron chi connectivity index (χ4n) is 3.43.